The van der Waals surface area contributed by atoms with Crippen LogP contribution in [0.4, 0.5) is 27.8 Å². The van der Waals surface area contributed by atoms with E-state index in [1.54, 1.807) is 47.5 Å². The number of hydrogen-bond acceptors (Lipinski definition) is 7. The summed E-state index contributed by atoms with van der Waals surface area (Å²) in [5.74, 6) is -2.58. The third kappa shape index (κ3) is 6.65. The predicted octanol–water partition coefficient (Wildman–Crippen LogP) is 5.28. The Morgan fingerprint density at radius 2 is 1.88 bits per heavy atom. The second-order valence-corrected chi connectivity index (χ2v) is 10.1. The highest BCUT2D eigenvalue weighted by molar-refractivity contribution is 7.99. The average molecular weight is 575 g/mol. The van der Waals surface area contributed by atoms with E-state index in [2.05, 4.69) is 25.6 Å². The minimum atomic E-state index is -4.35. The zero-order valence-corrected chi connectivity index (χ0v) is 21.6. The highest BCUT2D eigenvalue weighted by Crippen LogP contribution is 2.27. The van der Waals surface area contributed by atoms with Gasteiger partial charge in [0.1, 0.15) is 11.9 Å². The van der Waals surface area contributed by atoms with Gasteiger partial charge in [0.2, 0.25) is 0 Å². The van der Waals surface area contributed by atoms with Gasteiger partial charge in [-0.2, -0.15) is 22.0 Å². The maximum absolute atomic E-state index is 13.2. The zero-order chi connectivity index (χ0) is 28.3. The lowest BCUT2D eigenvalue weighted by Gasteiger charge is -2.35. The average Bonchev–Trinajstić information content (AvgIpc) is 2.95. The molecule has 0 saturated carbocycles. The maximum Gasteiger partial charge on any atom is 0.405 e. The van der Waals surface area contributed by atoms with Gasteiger partial charge in [-0.3, -0.25) is 9.78 Å². The Morgan fingerprint density at radius 1 is 1.07 bits per heavy atom. The number of anilines is 1. The van der Waals surface area contributed by atoms with Crippen molar-refractivity contribution < 1.29 is 26.7 Å². The highest BCUT2D eigenvalue weighted by Gasteiger charge is 2.42. The molecule has 0 bridgehead atoms. The molecular weight excluding hydrogens is 551 g/mol. The van der Waals surface area contributed by atoms with E-state index in [4.69, 9.17) is 0 Å². The monoisotopic (exact) mass is 574 g/mol. The van der Waals surface area contributed by atoms with Crippen LogP contribution in [0.5, 0.6) is 0 Å². The molecule has 3 aromatic heterocycles. The van der Waals surface area contributed by atoms with Crippen molar-refractivity contribution in [3.05, 3.63) is 78.1 Å². The number of aromatic nitrogens is 3. The minimum Gasteiger partial charge on any atom is -0.353 e. The van der Waals surface area contributed by atoms with Crippen LogP contribution in [-0.2, 0) is 6.54 Å². The quantitative estimate of drug-likeness (QED) is 0.230. The van der Waals surface area contributed by atoms with Crippen molar-refractivity contribution in [3.8, 4) is 11.4 Å². The number of nitrogens with zero attached hydrogens (tertiary/aromatic N) is 4. The second kappa shape index (κ2) is 11.7. The van der Waals surface area contributed by atoms with Gasteiger partial charge in [-0.1, -0.05) is 23.9 Å². The van der Waals surface area contributed by atoms with E-state index in [1.807, 2.05) is 6.07 Å². The molecule has 0 aliphatic carbocycles. The molecule has 4 heterocycles. The molecule has 1 amide bonds. The number of alkyl halides is 5. The van der Waals surface area contributed by atoms with Gasteiger partial charge in [0.05, 0.1) is 29.1 Å². The van der Waals surface area contributed by atoms with Gasteiger partial charge < -0.3 is 15.5 Å². The van der Waals surface area contributed by atoms with Crippen molar-refractivity contribution in [2.24, 2.45) is 0 Å². The molecule has 40 heavy (non-hydrogen) atoms. The minimum absolute atomic E-state index is 0.0873. The molecule has 1 aromatic carbocycles. The van der Waals surface area contributed by atoms with Gasteiger partial charge in [0, 0.05) is 41.7 Å². The molecule has 1 unspecified atom stereocenters. The lowest BCUT2D eigenvalue weighted by atomic mass is 10.1. The van der Waals surface area contributed by atoms with Crippen molar-refractivity contribution >= 4 is 34.4 Å². The number of pyridine rings is 3. The topological polar surface area (TPSA) is 83.0 Å². The Bertz CT molecular complexity index is 1520. The first-order chi connectivity index (χ1) is 19.2. The van der Waals surface area contributed by atoms with Crippen molar-refractivity contribution in [2.45, 2.75) is 29.4 Å². The Hall–Kier alpha value is -3.84. The largest absolute Gasteiger partial charge is 0.405 e. The van der Waals surface area contributed by atoms with Crippen molar-refractivity contribution in [1.82, 2.24) is 25.6 Å². The van der Waals surface area contributed by atoms with Gasteiger partial charge in [-0.15, -0.1) is 0 Å². The molecular formula is C27H23F5N6OS. The number of carbonyl (C=O) groups is 1. The number of piperazine rings is 1. The van der Waals surface area contributed by atoms with E-state index in [9.17, 15) is 26.7 Å². The molecule has 7 nitrogen and oxygen atoms in total. The Labute approximate surface area is 230 Å². The van der Waals surface area contributed by atoms with Crippen molar-refractivity contribution in [3.63, 3.8) is 0 Å². The summed E-state index contributed by atoms with van der Waals surface area (Å²) >= 11 is 0.366. The van der Waals surface area contributed by atoms with E-state index in [1.165, 1.54) is 18.2 Å². The molecule has 2 N–H and O–H groups in total. The van der Waals surface area contributed by atoms with Crippen molar-refractivity contribution in [1.29, 1.82) is 0 Å². The Morgan fingerprint density at radius 3 is 2.67 bits per heavy atom. The van der Waals surface area contributed by atoms with Crippen LogP contribution < -0.4 is 15.5 Å². The van der Waals surface area contributed by atoms with E-state index < -0.39 is 23.9 Å². The number of nitrogens with one attached hydrogen (secondary N) is 2. The molecule has 0 spiro atoms. The van der Waals surface area contributed by atoms with Crippen LogP contribution in [0.2, 0.25) is 0 Å². The third-order valence-corrected chi connectivity index (χ3v) is 6.98. The lowest BCUT2D eigenvalue weighted by molar-refractivity contribution is -0.155. The van der Waals surface area contributed by atoms with Crippen LogP contribution in [-0.4, -0.2) is 58.5 Å². The summed E-state index contributed by atoms with van der Waals surface area (Å²) in [7, 11) is 0. The summed E-state index contributed by atoms with van der Waals surface area (Å²) in [5.41, 5.74) is 2.42. The Kier molecular flexibility index (Phi) is 8.12. The van der Waals surface area contributed by atoms with E-state index in [0.717, 1.165) is 5.39 Å². The SMILES string of the molecule is O=C(NCc1cc2nc(-c3cccc(N4CCNC(C(F)(F)F)C4)n3)ccc2cn1)c1cccc(SC(F)F)c1. The standard InChI is InChI=1S/C27H23F5N6OS/c28-26(29)40-19-4-1-3-16(11-19)25(39)35-14-18-12-22-17(13-34-18)7-8-21(36-22)20-5-2-6-24(37-20)38-10-9-33-23(15-38)27(30,31)32/h1-8,11-13,23,26,33H,9-10,14-15H2,(H,35,39). The van der Waals surface area contributed by atoms with E-state index >= 15 is 0 Å². The van der Waals surface area contributed by atoms with E-state index in [-0.39, 0.29) is 30.1 Å². The fourth-order valence-corrected chi connectivity index (χ4v) is 4.86. The van der Waals surface area contributed by atoms with Crippen LogP contribution in [0.25, 0.3) is 22.3 Å². The molecule has 1 aliphatic rings. The molecule has 5 rings (SSSR count). The smallest absolute Gasteiger partial charge is 0.353 e. The second-order valence-electron chi connectivity index (χ2n) is 9.03. The summed E-state index contributed by atoms with van der Waals surface area (Å²) < 4.78 is 65.0. The van der Waals surface area contributed by atoms with Gasteiger partial charge in [0.15, 0.2) is 0 Å². The molecule has 1 atom stereocenters. The number of hydrogen-bond donors (Lipinski definition) is 2. The van der Waals surface area contributed by atoms with Crippen molar-refractivity contribution in [2.75, 3.05) is 24.5 Å². The summed E-state index contributed by atoms with van der Waals surface area (Å²) in [5, 5.41) is 5.99. The summed E-state index contributed by atoms with van der Waals surface area (Å²) in [4.78, 5) is 28.1. The highest BCUT2D eigenvalue weighted by atomic mass is 32.2. The molecule has 13 heteroatoms. The summed E-state index contributed by atoms with van der Waals surface area (Å²) in [6.45, 7) is 0.437. The third-order valence-electron chi connectivity index (χ3n) is 6.27. The Balaban J connectivity index is 1.31. The molecule has 208 valence electrons. The first kappa shape index (κ1) is 27.7. The normalized spacial score (nSPS) is 15.9. The van der Waals surface area contributed by atoms with Gasteiger partial charge in [0.25, 0.3) is 11.7 Å². The maximum atomic E-state index is 13.2. The van der Waals surface area contributed by atoms with Crippen LogP contribution in [0.3, 0.4) is 0 Å². The fraction of sp³-hybridized carbons (Fsp3) is 0.259. The molecule has 1 fully saturated rings. The van der Waals surface area contributed by atoms with Gasteiger partial charge in [-0.25, -0.2) is 9.97 Å². The first-order valence-electron chi connectivity index (χ1n) is 12.3. The zero-order valence-electron chi connectivity index (χ0n) is 20.8. The number of thioether (sulfide) groups is 1. The molecule has 4 aromatic rings. The lowest BCUT2D eigenvalue weighted by Crippen LogP contribution is -2.57. The number of rotatable bonds is 7. The van der Waals surface area contributed by atoms with Crippen LogP contribution in [0, 0.1) is 0 Å². The number of fused-ring (bicyclic) bond motifs is 1. The first-order valence-corrected chi connectivity index (χ1v) is 13.1. The van der Waals surface area contributed by atoms with E-state index in [0.29, 0.717) is 46.7 Å². The van der Waals surface area contributed by atoms with Gasteiger partial charge in [-0.05, 0) is 48.5 Å². The number of carbonyl (C=O) groups excluding carboxylic acids is 1. The number of halogens is 5. The van der Waals surface area contributed by atoms with Crippen LogP contribution >= 0.6 is 11.8 Å². The summed E-state index contributed by atoms with van der Waals surface area (Å²) in [6.07, 6.45) is -2.73. The van der Waals surface area contributed by atoms with Crippen LogP contribution in [0.15, 0.2) is 71.8 Å². The predicted molar refractivity (Wildman–Crippen MR) is 142 cm³/mol. The van der Waals surface area contributed by atoms with Crippen LogP contribution in [0.1, 0.15) is 16.1 Å². The molecule has 1 saturated heterocycles. The van der Waals surface area contributed by atoms with Gasteiger partial charge >= 0.3 is 6.18 Å². The fourth-order valence-electron chi connectivity index (χ4n) is 4.30. The molecule has 1 aliphatic heterocycles. The summed E-state index contributed by atoms with van der Waals surface area (Å²) in [6, 6.07) is 14.8. The number of benzene rings is 1. The molecule has 0 radical (unpaired) electrons. The number of amides is 1.